The van der Waals surface area contributed by atoms with Gasteiger partial charge in [-0.15, -0.1) is 11.8 Å². The lowest BCUT2D eigenvalue weighted by Gasteiger charge is -2.30. The van der Waals surface area contributed by atoms with Gasteiger partial charge in [-0.2, -0.15) is 5.26 Å². The fourth-order valence-corrected chi connectivity index (χ4v) is 4.71. The standard InChI is InChI=1S/C16H18Cl2N2OS/c17-12-7-13(18)9-14(8-12)22-10-11-3-1-2-4-15(11)16(21)20-6-5-19/h7-9,11,15H,1-4,6,10H2,(H,20,21)/t11-,15+/m0/s1. The Kier molecular flexibility index (Phi) is 6.88. The van der Waals surface area contributed by atoms with Gasteiger partial charge < -0.3 is 5.32 Å². The van der Waals surface area contributed by atoms with E-state index in [0.29, 0.717) is 16.0 Å². The lowest BCUT2D eigenvalue weighted by molar-refractivity contribution is -0.127. The highest BCUT2D eigenvalue weighted by Gasteiger charge is 2.30. The van der Waals surface area contributed by atoms with Crippen molar-refractivity contribution in [3.8, 4) is 6.07 Å². The van der Waals surface area contributed by atoms with Crippen LogP contribution in [0.15, 0.2) is 23.1 Å². The fraction of sp³-hybridized carbons (Fsp3) is 0.500. The van der Waals surface area contributed by atoms with Gasteiger partial charge in [0.1, 0.15) is 6.54 Å². The molecular weight excluding hydrogens is 339 g/mol. The van der Waals surface area contributed by atoms with E-state index in [1.807, 2.05) is 18.2 Å². The molecule has 0 heterocycles. The van der Waals surface area contributed by atoms with E-state index in [9.17, 15) is 4.79 Å². The molecule has 22 heavy (non-hydrogen) atoms. The Morgan fingerprint density at radius 3 is 2.64 bits per heavy atom. The smallest absolute Gasteiger partial charge is 0.224 e. The zero-order chi connectivity index (χ0) is 15.9. The van der Waals surface area contributed by atoms with E-state index in [2.05, 4.69) is 5.32 Å². The van der Waals surface area contributed by atoms with Gasteiger partial charge >= 0.3 is 0 Å². The largest absolute Gasteiger partial charge is 0.343 e. The summed E-state index contributed by atoms with van der Waals surface area (Å²) in [5.74, 6) is 1.21. The molecule has 118 valence electrons. The third-order valence-corrected chi connectivity index (χ3v) is 5.49. The number of rotatable bonds is 5. The predicted octanol–water partition coefficient (Wildman–Crippen LogP) is 4.53. The average Bonchev–Trinajstić information content (AvgIpc) is 2.50. The summed E-state index contributed by atoms with van der Waals surface area (Å²) in [5, 5.41) is 12.5. The number of nitrogens with one attached hydrogen (secondary N) is 1. The van der Waals surface area contributed by atoms with Gasteiger partial charge in [0.2, 0.25) is 5.91 Å². The normalized spacial score (nSPS) is 21.1. The summed E-state index contributed by atoms with van der Waals surface area (Å²) in [5.41, 5.74) is 0. The van der Waals surface area contributed by atoms with E-state index in [1.54, 1.807) is 17.8 Å². The third-order valence-electron chi connectivity index (χ3n) is 3.89. The minimum Gasteiger partial charge on any atom is -0.343 e. The summed E-state index contributed by atoms with van der Waals surface area (Å²) in [4.78, 5) is 13.2. The predicted molar refractivity (Wildman–Crippen MR) is 91.3 cm³/mol. The van der Waals surface area contributed by atoms with Crippen LogP contribution in [0.2, 0.25) is 10.0 Å². The molecule has 0 aromatic heterocycles. The summed E-state index contributed by atoms with van der Waals surface area (Å²) < 4.78 is 0. The number of hydrogen-bond acceptors (Lipinski definition) is 3. The van der Waals surface area contributed by atoms with Crippen LogP contribution < -0.4 is 5.32 Å². The maximum atomic E-state index is 12.2. The van der Waals surface area contributed by atoms with Gasteiger partial charge in [-0.1, -0.05) is 36.0 Å². The highest BCUT2D eigenvalue weighted by atomic mass is 35.5. The minimum atomic E-state index is 0.00394. The van der Waals surface area contributed by atoms with E-state index < -0.39 is 0 Å². The molecule has 1 aromatic carbocycles. The molecule has 6 heteroatoms. The zero-order valence-electron chi connectivity index (χ0n) is 12.1. The van der Waals surface area contributed by atoms with E-state index in [1.165, 1.54) is 0 Å². The van der Waals surface area contributed by atoms with Crippen LogP contribution in [0.3, 0.4) is 0 Å². The van der Waals surface area contributed by atoms with Gasteiger partial charge in [-0.3, -0.25) is 4.79 Å². The van der Waals surface area contributed by atoms with Crippen molar-refractivity contribution >= 4 is 40.9 Å². The van der Waals surface area contributed by atoms with Gasteiger partial charge in [0.05, 0.1) is 6.07 Å². The van der Waals surface area contributed by atoms with Crippen LogP contribution in [0, 0.1) is 23.2 Å². The molecule has 0 spiro atoms. The molecule has 0 aliphatic heterocycles. The Morgan fingerprint density at radius 1 is 1.27 bits per heavy atom. The molecule has 3 nitrogen and oxygen atoms in total. The lowest BCUT2D eigenvalue weighted by atomic mass is 9.80. The molecule has 1 aromatic rings. The molecule has 0 saturated heterocycles. The molecule has 2 rings (SSSR count). The van der Waals surface area contributed by atoms with Crippen LogP contribution in [-0.2, 0) is 4.79 Å². The second kappa shape index (κ2) is 8.67. The van der Waals surface area contributed by atoms with E-state index in [0.717, 1.165) is 36.3 Å². The maximum absolute atomic E-state index is 12.2. The van der Waals surface area contributed by atoms with E-state index in [-0.39, 0.29) is 18.4 Å². The molecule has 0 radical (unpaired) electrons. The Hall–Kier alpha value is -0.890. The van der Waals surface area contributed by atoms with Crippen LogP contribution in [0.4, 0.5) is 0 Å². The maximum Gasteiger partial charge on any atom is 0.224 e. The average molecular weight is 357 g/mol. The zero-order valence-corrected chi connectivity index (χ0v) is 14.5. The van der Waals surface area contributed by atoms with Crippen LogP contribution in [-0.4, -0.2) is 18.2 Å². The van der Waals surface area contributed by atoms with Crippen molar-refractivity contribution in [2.24, 2.45) is 11.8 Å². The Morgan fingerprint density at radius 2 is 1.95 bits per heavy atom. The first-order valence-corrected chi connectivity index (χ1v) is 9.08. The van der Waals surface area contributed by atoms with Gasteiger partial charge in [0.15, 0.2) is 0 Å². The molecule has 1 amide bonds. The van der Waals surface area contributed by atoms with Crippen molar-refractivity contribution in [2.45, 2.75) is 30.6 Å². The molecule has 0 unspecified atom stereocenters. The highest BCUT2D eigenvalue weighted by Crippen LogP contribution is 2.35. The van der Waals surface area contributed by atoms with Gasteiger partial charge in [-0.25, -0.2) is 0 Å². The number of thioether (sulfide) groups is 1. The second-order valence-electron chi connectivity index (χ2n) is 5.44. The summed E-state index contributed by atoms with van der Waals surface area (Å²) >= 11 is 13.7. The molecule has 1 aliphatic rings. The van der Waals surface area contributed by atoms with Crippen LogP contribution in [0.25, 0.3) is 0 Å². The van der Waals surface area contributed by atoms with Crippen LogP contribution in [0.5, 0.6) is 0 Å². The van der Waals surface area contributed by atoms with Crippen LogP contribution in [0.1, 0.15) is 25.7 Å². The number of carbonyl (C=O) groups excluding carboxylic acids is 1. The quantitative estimate of drug-likeness (QED) is 0.622. The second-order valence-corrected chi connectivity index (χ2v) is 7.41. The van der Waals surface area contributed by atoms with Crippen molar-refractivity contribution in [3.63, 3.8) is 0 Å². The van der Waals surface area contributed by atoms with E-state index in [4.69, 9.17) is 28.5 Å². The number of amides is 1. The number of halogens is 2. The molecule has 0 bridgehead atoms. The van der Waals surface area contributed by atoms with Gasteiger partial charge in [-0.05, 0) is 37.0 Å². The number of nitriles is 1. The third kappa shape index (κ3) is 5.08. The minimum absolute atomic E-state index is 0.00394. The summed E-state index contributed by atoms with van der Waals surface area (Å²) in [7, 11) is 0. The first kappa shape index (κ1) is 17.5. The Balaban J connectivity index is 1.96. The van der Waals surface area contributed by atoms with Crippen molar-refractivity contribution in [1.82, 2.24) is 5.32 Å². The Bertz CT molecular complexity index is 554. The molecular formula is C16H18Cl2N2OS. The molecule has 1 saturated carbocycles. The van der Waals surface area contributed by atoms with Gasteiger partial charge in [0.25, 0.3) is 0 Å². The Labute approximate surface area is 145 Å². The fourth-order valence-electron chi connectivity index (χ4n) is 2.83. The van der Waals surface area contributed by atoms with Crippen molar-refractivity contribution in [2.75, 3.05) is 12.3 Å². The SMILES string of the molecule is N#CCNC(=O)[C@@H]1CCCC[C@H]1CSc1cc(Cl)cc(Cl)c1. The topological polar surface area (TPSA) is 52.9 Å². The summed E-state index contributed by atoms with van der Waals surface area (Å²) in [6, 6.07) is 7.46. The summed E-state index contributed by atoms with van der Waals surface area (Å²) in [6.07, 6.45) is 4.18. The number of nitrogens with zero attached hydrogens (tertiary/aromatic N) is 1. The number of hydrogen-bond donors (Lipinski definition) is 1. The van der Waals surface area contributed by atoms with Crippen molar-refractivity contribution in [3.05, 3.63) is 28.2 Å². The first-order chi connectivity index (χ1) is 10.6. The molecule has 1 fully saturated rings. The first-order valence-electron chi connectivity index (χ1n) is 7.33. The monoisotopic (exact) mass is 356 g/mol. The van der Waals surface area contributed by atoms with Crippen molar-refractivity contribution < 1.29 is 4.79 Å². The summed E-state index contributed by atoms with van der Waals surface area (Å²) in [6.45, 7) is 0.0824. The molecule has 1 N–H and O–H groups in total. The molecule has 2 atom stereocenters. The van der Waals surface area contributed by atoms with Gasteiger partial charge in [0, 0.05) is 26.6 Å². The highest BCUT2D eigenvalue weighted by molar-refractivity contribution is 7.99. The number of carbonyl (C=O) groups is 1. The van der Waals surface area contributed by atoms with E-state index >= 15 is 0 Å². The van der Waals surface area contributed by atoms with Crippen LogP contribution >= 0.6 is 35.0 Å². The lowest BCUT2D eigenvalue weighted by Crippen LogP contribution is -2.37. The molecule has 1 aliphatic carbocycles. The van der Waals surface area contributed by atoms with Crippen molar-refractivity contribution in [1.29, 1.82) is 5.26 Å². The number of benzene rings is 1.